The van der Waals surface area contributed by atoms with Crippen molar-refractivity contribution in [3.63, 3.8) is 0 Å². The lowest BCUT2D eigenvalue weighted by atomic mass is 9.93. The molecule has 0 saturated heterocycles. The number of aryl methyl sites for hydroxylation is 1. The fourth-order valence-corrected chi connectivity index (χ4v) is 2.76. The van der Waals surface area contributed by atoms with Gasteiger partial charge in [0.25, 0.3) is 0 Å². The highest BCUT2D eigenvalue weighted by atomic mass is 14.1. The highest BCUT2D eigenvalue weighted by molar-refractivity contribution is 5.79. The zero-order chi connectivity index (χ0) is 13.9. The Balaban J connectivity index is 2.00. The molecule has 0 unspecified atom stereocenters. The van der Waals surface area contributed by atoms with Gasteiger partial charge in [-0.05, 0) is 55.0 Å². The average molecular weight is 260 g/mol. The molecule has 100 valence electrons. The summed E-state index contributed by atoms with van der Waals surface area (Å²) in [6.45, 7) is 4.36. The minimum absolute atomic E-state index is 1.16. The molecule has 0 aliphatic heterocycles. The fraction of sp³-hybridized carbons (Fsp3) is 0.200. The van der Waals surface area contributed by atoms with Gasteiger partial charge in [0.1, 0.15) is 0 Å². The smallest absolute Gasteiger partial charge is 0.0178 e. The predicted octanol–water partition coefficient (Wildman–Crippen LogP) is 5.79. The molecule has 0 spiro atoms. The van der Waals surface area contributed by atoms with Gasteiger partial charge >= 0.3 is 0 Å². The van der Waals surface area contributed by atoms with Crippen molar-refractivity contribution in [3.05, 3.63) is 77.4 Å². The molecule has 20 heavy (non-hydrogen) atoms. The highest BCUT2D eigenvalue weighted by Gasteiger charge is 2.06. The number of hydrogen-bond acceptors (Lipinski definition) is 0. The summed E-state index contributed by atoms with van der Waals surface area (Å²) in [5, 5.41) is 0. The first-order chi connectivity index (χ1) is 9.72. The van der Waals surface area contributed by atoms with E-state index in [9.17, 15) is 0 Å². The standard InChI is InChI=1S/C20H20/c1-15-6-3-8-17(12-15)19-10-5-11-20(14-19)18-9-4-7-16(2)13-18/h3,5-6,8-14H,4,7H2,1-2H3. The molecule has 1 aliphatic carbocycles. The maximum atomic E-state index is 2.35. The summed E-state index contributed by atoms with van der Waals surface area (Å²) in [7, 11) is 0. The molecule has 0 atom stereocenters. The van der Waals surface area contributed by atoms with Crippen LogP contribution in [0.15, 0.2) is 66.3 Å². The van der Waals surface area contributed by atoms with Gasteiger partial charge in [0.15, 0.2) is 0 Å². The van der Waals surface area contributed by atoms with Crippen LogP contribution in [-0.4, -0.2) is 0 Å². The number of rotatable bonds is 2. The van der Waals surface area contributed by atoms with Crippen LogP contribution in [0.1, 0.15) is 30.9 Å². The molecular weight excluding hydrogens is 240 g/mol. The van der Waals surface area contributed by atoms with E-state index >= 15 is 0 Å². The quantitative estimate of drug-likeness (QED) is 0.641. The molecule has 0 amide bonds. The van der Waals surface area contributed by atoms with E-state index in [4.69, 9.17) is 0 Å². The maximum Gasteiger partial charge on any atom is -0.0178 e. The van der Waals surface area contributed by atoms with Gasteiger partial charge < -0.3 is 0 Å². The zero-order valence-electron chi connectivity index (χ0n) is 12.2. The van der Waals surface area contributed by atoms with E-state index in [0.717, 1.165) is 6.42 Å². The first-order valence-electron chi connectivity index (χ1n) is 7.27. The van der Waals surface area contributed by atoms with Crippen LogP contribution in [0.3, 0.4) is 0 Å². The van der Waals surface area contributed by atoms with Crippen LogP contribution in [-0.2, 0) is 0 Å². The maximum absolute atomic E-state index is 2.35. The first-order valence-corrected chi connectivity index (χ1v) is 7.27. The van der Waals surface area contributed by atoms with E-state index in [1.165, 1.54) is 39.8 Å². The third kappa shape index (κ3) is 2.75. The van der Waals surface area contributed by atoms with Crippen LogP contribution in [0, 0.1) is 6.92 Å². The second-order valence-corrected chi connectivity index (χ2v) is 5.64. The van der Waals surface area contributed by atoms with Crippen molar-refractivity contribution in [2.45, 2.75) is 26.7 Å². The average Bonchev–Trinajstić information content (AvgIpc) is 2.47. The van der Waals surface area contributed by atoms with Crippen molar-refractivity contribution in [2.24, 2.45) is 0 Å². The molecule has 0 fully saturated rings. The molecule has 0 heteroatoms. The summed E-state index contributed by atoms with van der Waals surface area (Å²) in [6.07, 6.45) is 7.02. The lowest BCUT2D eigenvalue weighted by molar-refractivity contribution is 0.966. The predicted molar refractivity (Wildman–Crippen MR) is 87.6 cm³/mol. The SMILES string of the molecule is CC1=CC(c2cccc(-c3cccc(C)c3)c2)=CCC1. The van der Waals surface area contributed by atoms with Crippen LogP contribution in [0.5, 0.6) is 0 Å². The summed E-state index contributed by atoms with van der Waals surface area (Å²) in [5.41, 5.74) is 8.06. The molecule has 0 heterocycles. The minimum Gasteiger partial charge on any atom is -0.0763 e. The minimum atomic E-state index is 1.16. The topological polar surface area (TPSA) is 0 Å². The molecule has 0 N–H and O–H groups in total. The Kier molecular flexibility index (Phi) is 3.56. The molecule has 3 rings (SSSR count). The molecule has 0 radical (unpaired) electrons. The summed E-state index contributed by atoms with van der Waals surface area (Å²) in [6, 6.07) is 17.6. The van der Waals surface area contributed by atoms with E-state index < -0.39 is 0 Å². The first kappa shape index (κ1) is 12.9. The van der Waals surface area contributed by atoms with Crippen molar-refractivity contribution in [1.82, 2.24) is 0 Å². The molecule has 0 bridgehead atoms. The Bertz CT molecular complexity index is 687. The van der Waals surface area contributed by atoms with Crippen LogP contribution < -0.4 is 0 Å². The van der Waals surface area contributed by atoms with Crippen molar-refractivity contribution in [1.29, 1.82) is 0 Å². The van der Waals surface area contributed by atoms with Crippen molar-refractivity contribution in [2.75, 3.05) is 0 Å². The molecule has 0 nitrogen and oxygen atoms in total. The summed E-state index contributed by atoms with van der Waals surface area (Å²) < 4.78 is 0. The molecule has 1 aliphatic rings. The Morgan fingerprint density at radius 3 is 2.25 bits per heavy atom. The molecule has 0 saturated carbocycles. The van der Waals surface area contributed by atoms with E-state index in [1.54, 1.807) is 0 Å². The van der Waals surface area contributed by atoms with Crippen molar-refractivity contribution in [3.8, 4) is 11.1 Å². The van der Waals surface area contributed by atoms with Crippen LogP contribution in [0.2, 0.25) is 0 Å². The number of hydrogen-bond donors (Lipinski definition) is 0. The van der Waals surface area contributed by atoms with Gasteiger partial charge in [0, 0.05) is 0 Å². The fourth-order valence-electron chi connectivity index (χ4n) is 2.76. The monoisotopic (exact) mass is 260 g/mol. The van der Waals surface area contributed by atoms with Crippen LogP contribution in [0.4, 0.5) is 0 Å². The summed E-state index contributed by atoms with van der Waals surface area (Å²) in [4.78, 5) is 0. The van der Waals surface area contributed by atoms with E-state index in [2.05, 4.69) is 74.5 Å². The summed E-state index contributed by atoms with van der Waals surface area (Å²) >= 11 is 0. The molecule has 2 aromatic carbocycles. The van der Waals surface area contributed by atoms with Crippen LogP contribution >= 0.6 is 0 Å². The number of allylic oxidation sites excluding steroid dienone is 4. The summed E-state index contributed by atoms with van der Waals surface area (Å²) in [5.74, 6) is 0. The molecular formula is C20H20. The molecule has 2 aromatic rings. The van der Waals surface area contributed by atoms with Gasteiger partial charge in [-0.25, -0.2) is 0 Å². The van der Waals surface area contributed by atoms with E-state index in [-0.39, 0.29) is 0 Å². The Hall–Kier alpha value is -2.08. The second-order valence-electron chi connectivity index (χ2n) is 5.64. The van der Waals surface area contributed by atoms with Gasteiger partial charge in [0.05, 0.1) is 0 Å². The van der Waals surface area contributed by atoms with Crippen molar-refractivity contribution < 1.29 is 0 Å². The third-order valence-corrected chi connectivity index (χ3v) is 3.85. The normalized spacial score (nSPS) is 14.7. The number of benzene rings is 2. The van der Waals surface area contributed by atoms with Gasteiger partial charge in [0.2, 0.25) is 0 Å². The van der Waals surface area contributed by atoms with Gasteiger partial charge in [-0.2, -0.15) is 0 Å². The van der Waals surface area contributed by atoms with E-state index in [0.29, 0.717) is 0 Å². The van der Waals surface area contributed by atoms with Crippen molar-refractivity contribution >= 4 is 5.57 Å². The molecule has 0 aromatic heterocycles. The Labute approximate surface area is 121 Å². The lowest BCUT2D eigenvalue weighted by Crippen LogP contribution is -1.90. The zero-order valence-corrected chi connectivity index (χ0v) is 12.2. The van der Waals surface area contributed by atoms with Crippen LogP contribution in [0.25, 0.3) is 16.7 Å². The Morgan fingerprint density at radius 1 is 0.800 bits per heavy atom. The highest BCUT2D eigenvalue weighted by Crippen LogP contribution is 2.28. The lowest BCUT2D eigenvalue weighted by Gasteiger charge is -2.12. The van der Waals surface area contributed by atoms with Gasteiger partial charge in [-0.1, -0.05) is 65.8 Å². The van der Waals surface area contributed by atoms with Gasteiger partial charge in [-0.15, -0.1) is 0 Å². The van der Waals surface area contributed by atoms with Gasteiger partial charge in [-0.3, -0.25) is 0 Å². The van der Waals surface area contributed by atoms with E-state index in [1.807, 2.05) is 0 Å². The second kappa shape index (κ2) is 5.50. The Morgan fingerprint density at radius 2 is 1.50 bits per heavy atom. The largest absolute Gasteiger partial charge is 0.0763 e. The third-order valence-electron chi connectivity index (χ3n) is 3.85.